The Kier molecular flexibility index (Phi) is 4.33. The quantitative estimate of drug-likeness (QED) is 0.734. The summed E-state index contributed by atoms with van der Waals surface area (Å²) in [6, 6.07) is 0.170. The number of methoxy groups -OCH3 is 1. The summed E-state index contributed by atoms with van der Waals surface area (Å²) in [5.41, 5.74) is -0.537. The Morgan fingerprint density at radius 3 is 2.31 bits per heavy atom. The summed E-state index contributed by atoms with van der Waals surface area (Å²) < 4.78 is 4.75. The summed E-state index contributed by atoms with van der Waals surface area (Å²) in [7, 11) is 1.42. The Morgan fingerprint density at radius 1 is 1.38 bits per heavy atom. The van der Waals surface area contributed by atoms with Gasteiger partial charge in [0.1, 0.15) is 0 Å². The van der Waals surface area contributed by atoms with Gasteiger partial charge in [-0.2, -0.15) is 0 Å². The molecule has 0 aromatic heterocycles. The number of likely N-dealkylation sites (tertiary alicyclic amines) is 1. The summed E-state index contributed by atoms with van der Waals surface area (Å²) >= 11 is 0. The number of nitrogens with zero attached hydrogens (tertiary/aromatic N) is 1. The van der Waals surface area contributed by atoms with Crippen LogP contribution in [0.25, 0.3) is 0 Å². The topological polar surface area (TPSA) is 49.8 Å². The maximum absolute atomic E-state index is 11.4. The molecule has 1 heterocycles. The first-order valence-electron chi connectivity index (χ1n) is 5.91. The predicted molar refractivity (Wildman–Crippen MR) is 62.1 cm³/mol. The van der Waals surface area contributed by atoms with Gasteiger partial charge in [-0.05, 0) is 26.7 Å². The molecule has 4 nitrogen and oxygen atoms in total. The minimum atomic E-state index is -0.537. The van der Waals surface area contributed by atoms with Gasteiger partial charge < -0.3 is 9.84 Å². The maximum Gasteiger partial charge on any atom is 0.309 e. The van der Waals surface area contributed by atoms with E-state index in [0.717, 1.165) is 25.9 Å². The maximum atomic E-state index is 11.4. The van der Waals surface area contributed by atoms with Gasteiger partial charge >= 0.3 is 5.97 Å². The van der Waals surface area contributed by atoms with Crippen LogP contribution in [0.3, 0.4) is 0 Å². The smallest absolute Gasteiger partial charge is 0.309 e. The highest BCUT2D eigenvalue weighted by molar-refractivity contribution is 5.72. The summed E-state index contributed by atoms with van der Waals surface area (Å²) in [4.78, 5) is 13.7. The molecule has 94 valence electrons. The first-order chi connectivity index (χ1) is 7.37. The lowest BCUT2D eigenvalue weighted by molar-refractivity contribution is -0.147. The SMILES string of the molecule is COC(=O)C(C)C(C)N1CCC(C)(O)CC1. The number of piperidine rings is 1. The minimum absolute atomic E-state index is 0.118. The molecule has 4 heteroatoms. The van der Waals surface area contributed by atoms with Crippen molar-refractivity contribution in [3.63, 3.8) is 0 Å². The number of hydrogen-bond donors (Lipinski definition) is 1. The Bertz CT molecular complexity index is 243. The normalized spacial score (nSPS) is 24.8. The summed E-state index contributed by atoms with van der Waals surface area (Å²) in [5.74, 6) is -0.280. The van der Waals surface area contributed by atoms with Gasteiger partial charge in [0.15, 0.2) is 0 Å². The zero-order valence-corrected chi connectivity index (χ0v) is 10.7. The predicted octanol–water partition coefficient (Wildman–Crippen LogP) is 1.03. The van der Waals surface area contributed by atoms with Crippen molar-refractivity contribution in [1.82, 2.24) is 4.90 Å². The minimum Gasteiger partial charge on any atom is -0.469 e. The molecular formula is C12H23NO3. The third kappa shape index (κ3) is 3.19. The van der Waals surface area contributed by atoms with E-state index in [0.29, 0.717) is 0 Å². The number of ether oxygens (including phenoxy) is 1. The van der Waals surface area contributed by atoms with E-state index in [1.807, 2.05) is 20.8 Å². The van der Waals surface area contributed by atoms with Crippen LogP contribution in [0.15, 0.2) is 0 Å². The fourth-order valence-electron chi connectivity index (χ4n) is 2.11. The van der Waals surface area contributed by atoms with Gasteiger partial charge in [-0.1, -0.05) is 6.92 Å². The van der Waals surface area contributed by atoms with Crippen LogP contribution in [-0.2, 0) is 9.53 Å². The molecule has 1 fully saturated rings. The lowest BCUT2D eigenvalue weighted by atomic mass is 9.91. The van der Waals surface area contributed by atoms with Crippen LogP contribution in [0.5, 0.6) is 0 Å². The molecule has 1 aliphatic rings. The standard InChI is InChI=1S/C12H23NO3/c1-9(11(14)16-4)10(2)13-7-5-12(3,15)6-8-13/h9-10,15H,5-8H2,1-4H3. The molecule has 2 unspecified atom stereocenters. The van der Waals surface area contributed by atoms with Crippen LogP contribution in [0.2, 0.25) is 0 Å². The lowest BCUT2D eigenvalue weighted by Crippen LogP contribution is -2.49. The first kappa shape index (κ1) is 13.5. The monoisotopic (exact) mass is 229 g/mol. The average molecular weight is 229 g/mol. The molecule has 1 saturated heterocycles. The molecule has 0 aromatic carbocycles. The van der Waals surface area contributed by atoms with Crippen molar-refractivity contribution in [3.05, 3.63) is 0 Å². The van der Waals surface area contributed by atoms with Gasteiger partial charge in [0, 0.05) is 19.1 Å². The van der Waals surface area contributed by atoms with Gasteiger partial charge in [-0.3, -0.25) is 9.69 Å². The van der Waals surface area contributed by atoms with Crippen molar-refractivity contribution in [2.75, 3.05) is 20.2 Å². The largest absolute Gasteiger partial charge is 0.469 e. The Labute approximate surface area is 97.6 Å². The van der Waals surface area contributed by atoms with E-state index < -0.39 is 5.60 Å². The highest BCUT2D eigenvalue weighted by Crippen LogP contribution is 2.24. The molecule has 2 atom stereocenters. The second-order valence-corrected chi connectivity index (χ2v) is 5.09. The molecule has 0 aromatic rings. The van der Waals surface area contributed by atoms with E-state index in [9.17, 15) is 9.90 Å². The van der Waals surface area contributed by atoms with Crippen LogP contribution in [0, 0.1) is 5.92 Å². The molecule has 16 heavy (non-hydrogen) atoms. The first-order valence-corrected chi connectivity index (χ1v) is 5.91. The highest BCUT2D eigenvalue weighted by Gasteiger charge is 2.33. The van der Waals surface area contributed by atoms with E-state index in [-0.39, 0.29) is 17.9 Å². The van der Waals surface area contributed by atoms with Crippen LogP contribution in [-0.4, -0.2) is 47.8 Å². The van der Waals surface area contributed by atoms with E-state index >= 15 is 0 Å². The zero-order chi connectivity index (χ0) is 12.3. The molecule has 0 radical (unpaired) electrons. The fraction of sp³-hybridized carbons (Fsp3) is 0.917. The number of esters is 1. The molecule has 1 aliphatic heterocycles. The van der Waals surface area contributed by atoms with Crippen molar-refractivity contribution in [2.24, 2.45) is 5.92 Å². The van der Waals surface area contributed by atoms with Gasteiger partial charge in [-0.25, -0.2) is 0 Å². The molecular weight excluding hydrogens is 206 g/mol. The van der Waals surface area contributed by atoms with Crippen molar-refractivity contribution < 1.29 is 14.6 Å². The van der Waals surface area contributed by atoms with E-state index in [4.69, 9.17) is 4.74 Å². The number of rotatable bonds is 3. The third-order valence-electron chi connectivity index (χ3n) is 3.75. The van der Waals surface area contributed by atoms with Gasteiger partial charge in [0.2, 0.25) is 0 Å². The number of hydrogen-bond acceptors (Lipinski definition) is 4. The van der Waals surface area contributed by atoms with E-state index in [1.165, 1.54) is 7.11 Å². The molecule has 0 amide bonds. The molecule has 0 aliphatic carbocycles. The lowest BCUT2D eigenvalue weighted by Gasteiger charge is -2.40. The zero-order valence-electron chi connectivity index (χ0n) is 10.7. The summed E-state index contributed by atoms with van der Waals surface area (Å²) in [6.07, 6.45) is 1.54. The van der Waals surface area contributed by atoms with Crippen LogP contribution >= 0.6 is 0 Å². The van der Waals surface area contributed by atoms with Crippen LogP contribution in [0.4, 0.5) is 0 Å². The van der Waals surface area contributed by atoms with Crippen molar-refractivity contribution >= 4 is 5.97 Å². The number of aliphatic hydroxyl groups is 1. The van der Waals surface area contributed by atoms with Gasteiger partial charge in [0.05, 0.1) is 18.6 Å². The second kappa shape index (κ2) is 5.15. The molecule has 0 spiro atoms. The van der Waals surface area contributed by atoms with Gasteiger partial charge in [-0.15, -0.1) is 0 Å². The van der Waals surface area contributed by atoms with Crippen LogP contribution in [0.1, 0.15) is 33.6 Å². The van der Waals surface area contributed by atoms with E-state index in [2.05, 4.69) is 4.90 Å². The third-order valence-corrected chi connectivity index (χ3v) is 3.75. The molecule has 0 bridgehead atoms. The molecule has 1 rings (SSSR count). The van der Waals surface area contributed by atoms with Crippen molar-refractivity contribution in [3.8, 4) is 0 Å². The number of carbonyl (C=O) groups is 1. The summed E-state index contributed by atoms with van der Waals surface area (Å²) in [6.45, 7) is 7.49. The van der Waals surface area contributed by atoms with E-state index in [1.54, 1.807) is 0 Å². The number of carbonyl (C=O) groups excluding carboxylic acids is 1. The second-order valence-electron chi connectivity index (χ2n) is 5.09. The Hall–Kier alpha value is -0.610. The molecule has 0 saturated carbocycles. The van der Waals surface area contributed by atoms with Crippen molar-refractivity contribution in [1.29, 1.82) is 0 Å². The molecule has 1 N–H and O–H groups in total. The van der Waals surface area contributed by atoms with Gasteiger partial charge in [0.25, 0.3) is 0 Å². The van der Waals surface area contributed by atoms with Crippen LogP contribution < -0.4 is 0 Å². The van der Waals surface area contributed by atoms with Crippen molar-refractivity contribution in [2.45, 2.75) is 45.3 Å². The fourth-order valence-corrected chi connectivity index (χ4v) is 2.11. The Morgan fingerprint density at radius 2 is 1.88 bits per heavy atom. The summed E-state index contributed by atoms with van der Waals surface area (Å²) in [5, 5.41) is 9.85. The Balaban J connectivity index is 2.50. The average Bonchev–Trinajstić information content (AvgIpc) is 2.26. The highest BCUT2D eigenvalue weighted by atomic mass is 16.5.